The highest BCUT2D eigenvalue weighted by molar-refractivity contribution is 4.92. The van der Waals surface area contributed by atoms with E-state index in [2.05, 4.69) is 39.8 Å². The molecule has 5 heteroatoms. The van der Waals surface area contributed by atoms with Crippen LogP contribution in [0.3, 0.4) is 0 Å². The average molecular weight is 195 g/mol. The van der Waals surface area contributed by atoms with Crippen molar-refractivity contribution < 1.29 is 0 Å². The van der Waals surface area contributed by atoms with Crippen LogP contribution < -0.4 is 5.32 Å². The summed E-state index contributed by atoms with van der Waals surface area (Å²) < 4.78 is 0. The smallest absolute Gasteiger partial charge is 0.178 e. The van der Waals surface area contributed by atoms with Gasteiger partial charge in [0.15, 0.2) is 5.82 Å². The molecule has 1 N–H and O–H groups in total. The molecule has 0 amide bonds. The minimum atomic E-state index is 0.764. The van der Waals surface area contributed by atoms with E-state index >= 15 is 0 Å². The zero-order valence-corrected chi connectivity index (χ0v) is 8.77. The van der Waals surface area contributed by atoms with Gasteiger partial charge >= 0.3 is 0 Å². The molecule has 1 rings (SSSR count). The highest BCUT2D eigenvalue weighted by Crippen LogP contribution is 1.90. The average Bonchev–Trinajstić information content (AvgIpc) is 2.58. The van der Waals surface area contributed by atoms with Crippen molar-refractivity contribution >= 4 is 0 Å². The number of hydrogen-bond donors (Lipinski definition) is 1. The Balaban J connectivity index is 2.14. The molecule has 5 nitrogen and oxygen atoms in total. The van der Waals surface area contributed by atoms with Crippen LogP contribution in [-0.4, -0.2) is 33.3 Å². The van der Waals surface area contributed by atoms with E-state index in [1.807, 2.05) is 0 Å². The van der Waals surface area contributed by atoms with Gasteiger partial charge in [-0.05, 0) is 24.7 Å². The van der Waals surface area contributed by atoms with Crippen LogP contribution in [-0.2, 0) is 13.5 Å². The van der Waals surface area contributed by atoms with Gasteiger partial charge < -0.3 is 5.32 Å². The Morgan fingerprint density at radius 2 is 2.29 bits per heavy atom. The molecule has 0 saturated carbocycles. The predicted molar refractivity (Wildman–Crippen MR) is 54.8 cm³/mol. The van der Waals surface area contributed by atoms with E-state index in [9.17, 15) is 0 Å². The minimum absolute atomic E-state index is 0.764. The molecule has 0 saturated heterocycles. The van der Waals surface area contributed by atoms with Crippen molar-refractivity contribution in [1.29, 1.82) is 0 Å². The lowest BCUT2D eigenvalue weighted by Gasteiger charge is -1.94. The van der Waals surface area contributed by atoms with Crippen LogP contribution in [0, 0.1) is 0 Å². The van der Waals surface area contributed by atoms with Gasteiger partial charge in [0, 0.05) is 6.42 Å². The van der Waals surface area contributed by atoms with Gasteiger partial charge in [-0.2, -0.15) is 4.80 Å². The standard InChI is InChI=1S/C9H17N5/c1-3-10-8-6-4-5-7-9-11-13-14(2)12-9/h4-5,10H,3,6-8H2,1-2H3/b5-4+. The molecule has 0 bridgehead atoms. The molecule has 0 aliphatic rings. The zero-order chi connectivity index (χ0) is 10.2. The fourth-order valence-electron chi connectivity index (χ4n) is 1.07. The Kier molecular flexibility index (Phi) is 4.85. The van der Waals surface area contributed by atoms with E-state index in [1.165, 1.54) is 4.80 Å². The number of nitrogens with one attached hydrogen (secondary N) is 1. The molecule has 0 unspecified atom stereocenters. The first-order chi connectivity index (χ1) is 6.83. The van der Waals surface area contributed by atoms with Crippen LogP contribution >= 0.6 is 0 Å². The minimum Gasteiger partial charge on any atom is -0.317 e. The van der Waals surface area contributed by atoms with Crippen molar-refractivity contribution in [2.24, 2.45) is 7.05 Å². The van der Waals surface area contributed by atoms with E-state index in [4.69, 9.17) is 0 Å². The van der Waals surface area contributed by atoms with Crippen molar-refractivity contribution in [1.82, 2.24) is 25.5 Å². The summed E-state index contributed by atoms with van der Waals surface area (Å²) in [5.74, 6) is 0.771. The highest BCUT2D eigenvalue weighted by Gasteiger charge is 1.95. The van der Waals surface area contributed by atoms with E-state index in [1.54, 1.807) is 7.05 Å². The van der Waals surface area contributed by atoms with Gasteiger partial charge in [0.05, 0.1) is 7.05 Å². The Morgan fingerprint density at radius 3 is 2.93 bits per heavy atom. The van der Waals surface area contributed by atoms with E-state index in [0.717, 1.165) is 31.8 Å². The molecule has 0 atom stereocenters. The molecule has 0 aliphatic carbocycles. The summed E-state index contributed by atoms with van der Waals surface area (Å²) in [7, 11) is 1.77. The monoisotopic (exact) mass is 195 g/mol. The number of rotatable bonds is 6. The maximum atomic E-state index is 4.07. The van der Waals surface area contributed by atoms with Crippen molar-refractivity contribution in [2.45, 2.75) is 19.8 Å². The van der Waals surface area contributed by atoms with E-state index in [0.29, 0.717) is 0 Å². The largest absolute Gasteiger partial charge is 0.317 e. The molecule has 0 aliphatic heterocycles. The lowest BCUT2D eigenvalue weighted by molar-refractivity contribution is 0.628. The third-order valence-corrected chi connectivity index (χ3v) is 1.75. The second kappa shape index (κ2) is 6.26. The number of aromatic nitrogens is 4. The molecule has 0 aromatic carbocycles. The van der Waals surface area contributed by atoms with E-state index in [-0.39, 0.29) is 0 Å². The molecule has 0 spiro atoms. The molecule has 78 valence electrons. The van der Waals surface area contributed by atoms with Gasteiger partial charge in [-0.3, -0.25) is 0 Å². The molecule has 0 radical (unpaired) electrons. The van der Waals surface area contributed by atoms with Gasteiger partial charge in [-0.15, -0.1) is 10.2 Å². The molecule has 1 heterocycles. The van der Waals surface area contributed by atoms with Crippen LogP contribution in [0.1, 0.15) is 19.2 Å². The maximum absolute atomic E-state index is 4.07. The molecular weight excluding hydrogens is 178 g/mol. The molecule has 1 aromatic rings. The fourth-order valence-corrected chi connectivity index (χ4v) is 1.07. The quantitative estimate of drug-likeness (QED) is 0.524. The van der Waals surface area contributed by atoms with Gasteiger partial charge in [0.1, 0.15) is 0 Å². The Morgan fingerprint density at radius 1 is 1.43 bits per heavy atom. The first-order valence-electron chi connectivity index (χ1n) is 4.91. The van der Waals surface area contributed by atoms with Crippen molar-refractivity contribution in [3.63, 3.8) is 0 Å². The maximum Gasteiger partial charge on any atom is 0.178 e. The van der Waals surface area contributed by atoms with Crippen LogP contribution in [0.15, 0.2) is 12.2 Å². The highest BCUT2D eigenvalue weighted by atomic mass is 15.6. The summed E-state index contributed by atoms with van der Waals surface area (Å²) in [6, 6.07) is 0. The summed E-state index contributed by atoms with van der Waals surface area (Å²) in [6.07, 6.45) is 6.03. The molecule has 14 heavy (non-hydrogen) atoms. The SMILES string of the molecule is CCNCC/C=C/Cc1nnn(C)n1. The van der Waals surface area contributed by atoms with Crippen molar-refractivity contribution in [3.05, 3.63) is 18.0 Å². The van der Waals surface area contributed by atoms with E-state index < -0.39 is 0 Å². The van der Waals surface area contributed by atoms with Crippen LogP contribution in [0.2, 0.25) is 0 Å². The number of nitrogens with zero attached hydrogens (tertiary/aromatic N) is 4. The predicted octanol–water partition coefficient (Wildman–Crippen LogP) is 0.308. The second-order valence-corrected chi connectivity index (χ2v) is 3.01. The molecular formula is C9H17N5. The summed E-state index contributed by atoms with van der Waals surface area (Å²) in [5, 5.41) is 15.0. The van der Waals surface area contributed by atoms with Crippen molar-refractivity contribution in [3.8, 4) is 0 Å². The van der Waals surface area contributed by atoms with Crippen LogP contribution in [0.25, 0.3) is 0 Å². The summed E-state index contributed by atoms with van der Waals surface area (Å²) in [6.45, 7) is 4.16. The normalized spacial score (nSPS) is 11.3. The molecule has 0 fully saturated rings. The number of tetrazole rings is 1. The Labute approximate surface area is 84.2 Å². The van der Waals surface area contributed by atoms with Crippen LogP contribution in [0.5, 0.6) is 0 Å². The summed E-state index contributed by atoms with van der Waals surface area (Å²) >= 11 is 0. The lowest BCUT2D eigenvalue weighted by Crippen LogP contribution is -2.12. The Bertz CT molecular complexity index is 278. The number of hydrogen-bond acceptors (Lipinski definition) is 4. The third-order valence-electron chi connectivity index (χ3n) is 1.75. The van der Waals surface area contributed by atoms with Gasteiger partial charge in [-0.1, -0.05) is 19.1 Å². The number of allylic oxidation sites excluding steroid dienone is 1. The Hall–Kier alpha value is -1.23. The number of aryl methyl sites for hydroxylation is 1. The first kappa shape index (κ1) is 10.8. The second-order valence-electron chi connectivity index (χ2n) is 3.01. The third kappa shape index (κ3) is 4.13. The van der Waals surface area contributed by atoms with Crippen LogP contribution in [0.4, 0.5) is 0 Å². The summed E-state index contributed by atoms with van der Waals surface area (Å²) in [4.78, 5) is 1.47. The fraction of sp³-hybridized carbons (Fsp3) is 0.667. The van der Waals surface area contributed by atoms with Gasteiger partial charge in [0.2, 0.25) is 0 Å². The summed E-state index contributed by atoms with van der Waals surface area (Å²) in [5.41, 5.74) is 0. The topological polar surface area (TPSA) is 55.6 Å². The van der Waals surface area contributed by atoms with Gasteiger partial charge in [-0.25, -0.2) is 0 Å². The lowest BCUT2D eigenvalue weighted by atomic mass is 10.3. The van der Waals surface area contributed by atoms with Crippen molar-refractivity contribution in [2.75, 3.05) is 13.1 Å². The molecule has 1 aromatic heterocycles. The zero-order valence-electron chi connectivity index (χ0n) is 8.77. The first-order valence-corrected chi connectivity index (χ1v) is 4.91. The van der Waals surface area contributed by atoms with Gasteiger partial charge in [0.25, 0.3) is 0 Å².